The standard InChI is InChI=1S/C26H30N4O7/c1-25(2,3)37-20(32)14-26(22(33)21(28-27)23(34)36-5)11-8-12-30(24(26)35)19(31)13-16-15-29(4)18-10-7-6-9-17(16)18/h6-7,9-10,15H,8,11-14H2,1-5H3. The van der Waals surface area contributed by atoms with Crippen molar-refractivity contribution in [3.8, 4) is 0 Å². The van der Waals surface area contributed by atoms with Crippen LogP contribution in [0.5, 0.6) is 0 Å². The van der Waals surface area contributed by atoms with Crippen LogP contribution in [0.3, 0.4) is 0 Å². The number of aromatic nitrogens is 1. The number of para-hydroxylation sites is 1. The molecule has 0 spiro atoms. The number of likely N-dealkylation sites (tertiary alicyclic amines) is 1. The van der Waals surface area contributed by atoms with Crippen LogP contribution < -0.4 is 0 Å². The zero-order valence-electron chi connectivity index (χ0n) is 21.6. The number of imide groups is 1. The molecule has 1 aliphatic rings. The smallest absolute Gasteiger partial charge is 0.442 e. The Morgan fingerprint density at radius 3 is 2.46 bits per heavy atom. The molecular weight excluding hydrogens is 480 g/mol. The fourth-order valence-corrected chi connectivity index (χ4v) is 4.65. The van der Waals surface area contributed by atoms with Crippen molar-refractivity contribution in [2.24, 2.45) is 12.5 Å². The Kier molecular flexibility index (Phi) is 7.78. The first-order chi connectivity index (χ1) is 17.3. The fraction of sp³-hybridized carbons (Fsp3) is 0.462. The monoisotopic (exact) mass is 510 g/mol. The highest BCUT2D eigenvalue weighted by Gasteiger charge is 2.58. The number of hydrogen-bond acceptors (Lipinski definition) is 7. The molecule has 196 valence electrons. The molecular formula is C26H30N4O7. The summed E-state index contributed by atoms with van der Waals surface area (Å²) < 4.78 is 11.7. The number of hydrogen-bond donors (Lipinski definition) is 0. The third-order valence-electron chi connectivity index (χ3n) is 6.26. The van der Waals surface area contributed by atoms with Gasteiger partial charge in [-0.15, -0.1) is 0 Å². The summed E-state index contributed by atoms with van der Waals surface area (Å²) >= 11 is 0. The van der Waals surface area contributed by atoms with Crippen molar-refractivity contribution < 1.29 is 38.2 Å². The molecule has 1 unspecified atom stereocenters. The molecule has 1 atom stereocenters. The summed E-state index contributed by atoms with van der Waals surface area (Å²) in [4.78, 5) is 69.3. The average molecular weight is 511 g/mol. The molecule has 2 heterocycles. The maximum absolute atomic E-state index is 13.8. The minimum absolute atomic E-state index is 0.0234. The third-order valence-corrected chi connectivity index (χ3v) is 6.26. The molecule has 11 heteroatoms. The zero-order valence-corrected chi connectivity index (χ0v) is 21.6. The minimum Gasteiger partial charge on any atom is -0.460 e. The van der Waals surface area contributed by atoms with Crippen molar-refractivity contribution in [3.05, 3.63) is 41.6 Å². The number of carbonyl (C=O) groups excluding carboxylic acids is 5. The summed E-state index contributed by atoms with van der Waals surface area (Å²) in [5.74, 6) is -4.88. The van der Waals surface area contributed by atoms with E-state index in [1.165, 1.54) is 0 Å². The maximum atomic E-state index is 13.8. The number of nitrogens with zero attached hydrogens (tertiary/aromatic N) is 4. The summed E-state index contributed by atoms with van der Waals surface area (Å²) in [7, 11) is 2.82. The molecule has 0 saturated carbocycles. The second-order valence-corrected chi connectivity index (χ2v) is 10.0. The van der Waals surface area contributed by atoms with Crippen molar-refractivity contribution in [2.45, 2.75) is 52.1 Å². The SMILES string of the molecule is COC(=O)C(=[N+]=[N-])C(=O)C1(CC(=O)OC(C)(C)C)CCCN(C(=O)Cc2cn(C)c3ccccc23)C1=O. The zero-order chi connectivity index (χ0) is 27.5. The highest BCUT2D eigenvalue weighted by atomic mass is 16.6. The Balaban J connectivity index is 1.99. The number of ketones is 1. The number of ether oxygens (including phenoxy) is 2. The van der Waals surface area contributed by atoms with E-state index in [1.54, 1.807) is 27.0 Å². The lowest BCUT2D eigenvalue weighted by molar-refractivity contribution is -0.169. The number of benzene rings is 1. The van der Waals surface area contributed by atoms with Gasteiger partial charge < -0.3 is 19.6 Å². The van der Waals surface area contributed by atoms with Gasteiger partial charge in [-0.3, -0.25) is 24.1 Å². The van der Waals surface area contributed by atoms with Gasteiger partial charge in [0.05, 0.1) is 20.0 Å². The number of piperidine rings is 1. The first-order valence-corrected chi connectivity index (χ1v) is 11.8. The molecule has 3 rings (SSSR count). The van der Waals surface area contributed by atoms with E-state index in [2.05, 4.69) is 9.53 Å². The minimum atomic E-state index is -2.18. The lowest BCUT2D eigenvalue weighted by Gasteiger charge is -2.38. The predicted molar refractivity (Wildman–Crippen MR) is 131 cm³/mol. The average Bonchev–Trinajstić information content (AvgIpc) is 3.14. The van der Waals surface area contributed by atoms with Crippen LogP contribution in [-0.4, -0.2) is 68.8 Å². The van der Waals surface area contributed by atoms with E-state index in [0.717, 1.165) is 22.9 Å². The Labute approximate surface area is 213 Å². The van der Waals surface area contributed by atoms with E-state index in [9.17, 15) is 29.5 Å². The van der Waals surface area contributed by atoms with Gasteiger partial charge in [0.2, 0.25) is 11.8 Å². The van der Waals surface area contributed by atoms with Gasteiger partial charge in [0, 0.05) is 30.7 Å². The van der Waals surface area contributed by atoms with E-state index in [-0.39, 0.29) is 25.8 Å². The van der Waals surface area contributed by atoms with E-state index < -0.39 is 52.7 Å². The predicted octanol–water partition coefficient (Wildman–Crippen LogP) is 2.00. The van der Waals surface area contributed by atoms with E-state index in [1.807, 2.05) is 35.9 Å². The quantitative estimate of drug-likeness (QED) is 0.182. The molecule has 0 N–H and O–H groups in total. The van der Waals surface area contributed by atoms with Gasteiger partial charge >= 0.3 is 17.7 Å². The molecule has 1 aromatic heterocycles. The Morgan fingerprint density at radius 1 is 1.16 bits per heavy atom. The van der Waals surface area contributed by atoms with Gasteiger partial charge in [0.25, 0.3) is 5.78 Å². The highest BCUT2D eigenvalue weighted by molar-refractivity contribution is 6.65. The molecule has 2 amide bonds. The molecule has 11 nitrogen and oxygen atoms in total. The molecule has 2 aromatic rings. The van der Waals surface area contributed by atoms with Crippen LogP contribution in [0.2, 0.25) is 0 Å². The molecule has 0 bridgehead atoms. The Morgan fingerprint density at radius 2 is 1.84 bits per heavy atom. The summed E-state index contributed by atoms with van der Waals surface area (Å²) in [6.45, 7) is 4.89. The van der Waals surface area contributed by atoms with E-state index in [4.69, 9.17) is 4.74 Å². The van der Waals surface area contributed by atoms with Gasteiger partial charge in [-0.1, -0.05) is 18.2 Å². The summed E-state index contributed by atoms with van der Waals surface area (Å²) in [6, 6.07) is 7.49. The van der Waals surface area contributed by atoms with Crippen LogP contribution >= 0.6 is 0 Å². The molecule has 0 aliphatic carbocycles. The molecule has 1 saturated heterocycles. The third kappa shape index (κ3) is 5.51. The van der Waals surface area contributed by atoms with E-state index in [0.29, 0.717) is 5.56 Å². The van der Waals surface area contributed by atoms with E-state index >= 15 is 0 Å². The lowest BCUT2D eigenvalue weighted by atomic mass is 9.71. The van der Waals surface area contributed by atoms with Gasteiger partial charge in [-0.25, -0.2) is 4.79 Å². The second kappa shape index (κ2) is 10.5. The number of rotatable bonds is 7. The topological polar surface area (TPSA) is 148 Å². The number of aryl methyl sites for hydroxylation is 1. The maximum Gasteiger partial charge on any atom is 0.442 e. The summed E-state index contributed by atoms with van der Waals surface area (Å²) in [6.07, 6.45) is 0.959. The first-order valence-electron chi connectivity index (χ1n) is 11.8. The molecule has 1 aromatic carbocycles. The second-order valence-electron chi connectivity index (χ2n) is 10.0. The molecule has 1 fully saturated rings. The van der Waals surface area contributed by atoms with Gasteiger partial charge in [-0.2, -0.15) is 4.79 Å². The Hall–Kier alpha value is -4.11. The number of fused-ring (bicyclic) bond motifs is 1. The fourth-order valence-electron chi connectivity index (χ4n) is 4.65. The summed E-state index contributed by atoms with van der Waals surface area (Å²) in [5, 5.41) is 0.847. The Bertz CT molecular complexity index is 1330. The van der Waals surface area contributed by atoms with Crippen LogP contribution in [-0.2, 0) is 46.9 Å². The van der Waals surface area contributed by atoms with Gasteiger partial charge in [0.1, 0.15) is 11.0 Å². The normalized spacial score (nSPS) is 17.8. The molecule has 0 radical (unpaired) electrons. The molecule has 1 aliphatic heterocycles. The first kappa shape index (κ1) is 27.5. The number of amides is 2. The van der Waals surface area contributed by atoms with Crippen molar-refractivity contribution in [2.75, 3.05) is 13.7 Å². The largest absolute Gasteiger partial charge is 0.460 e. The number of methoxy groups -OCH3 is 1. The summed E-state index contributed by atoms with van der Waals surface area (Å²) in [5.41, 5.74) is 6.85. The lowest BCUT2D eigenvalue weighted by Crippen LogP contribution is -2.58. The molecule has 37 heavy (non-hydrogen) atoms. The number of Topliss-reactive ketones (excluding diaryl/α,β-unsaturated/α-hetero) is 1. The van der Waals surface area contributed by atoms with Crippen molar-refractivity contribution in [3.63, 3.8) is 0 Å². The van der Waals surface area contributed by atoms with Gasteiger partial charge in [-0.05, 0) is 45.2 Å². The number of carbonyl (C=O) groups is 5. The number of esters is 2. The van der Waals surface area contributed by atoms with Crippen LogP contribution in [0, 0.1) is 5.41 Å². The van der Waals surface area contributed by atoms with Crippen LogP contribution in [0.4, 0.5) is 0 Å². The van der Waals surface area contributed by atoms with Crippen molar-refractivity contribution >= 4 is 46.2 Å². The van der Waals surface area contributed by atoms with Crippen LogP contribution in [0.15, 0.2) is 30.5 Å². The van der Waals surface area contributed by atoms with Crippen molar-refractivity contribution in [1.82, 2.24) is 9.47 Å². The van der Waals surface area contributed by atoms with Crippen molar-refractivity contribution in [1.29, 1.82) is 0 Å². The van der Waals surface area contributed by atoms with Crippen LogP contribution in [0.25, 0.3) is 16.4 Å². The van der Waals surface area contributed by atoms with Crippen LogP contribution in [0.1, 0.15) is 45.6 Å². The van der Waals surface area contributed by atoms with Gasteiger partial charge in [0.15, 0.2) is 0 Å². The highest BCUT2D eigenvalue weighted by Crippen LogP contribution is 2.38.